The highest BCUT2D eigenvalue weighted by Crippen LogP contribution is 2.26. The first-order valence-corrected chi connectivity index (χ1v) is 11.0. The Labute approximate surface area is 188 Å². The number of pyridine rings is 1. The Balaban J connectivity index is 1.52. The molecule has 3 aromatic rings. The molecule has 0 bridgehead atoms. The van der Waals surface area contributed by atoms with E-state index in [0.29, 0.717) is 5.82 Å². The van der Waals surface area contributed by atoms with E-state index in [1.807, 2.05) is 19.9 Å². The monoisotopic (exact) mass is 434 g/mol. The maximum Gasteiger partial charge on any atom is 0.266 e. The number of amides is 1. The number of benzene rings is 2. The van der Waals surface area contributed by atoms with Gasteiger partial charge < -0.3 is 10.1 Å². The van der Waals surface area contributed by atoms with Gasteiger partial charge in [0.15, 0.2) is 0 Å². The predicted octanol–water partition coefficient (Wildman–Crippen LogP) is 3.68. The summed E-state index contributed by atoms with van der Waals surface area (Å²) in [4.78, 5) is 18.8. The molecule has 32 heavy (non-hydrogen) atoms. The predicted molar refractivity (Wildman–Crippen MR) is 125 cm³/mol. The van der Waals surface area contributed by atoms with Crippen molar-refractivity contribution in [2.24, 2.45) is 5.92 Å². The van der Waals surface area contributed by atoms with Crippen LogP contribution in [0.5, 0.6) is 0 Å². The SMILES string of the molecule is CC(C)C(Nc1cc2cc(-c3ccc(CN4CCOCC4)cc3)ccc2cn1)C(=O)NO. The number of fused-ring (bicyclic) bond motifs is 1. The highest BCUT2D eigenvalue weighted by Gasteiger charge is 2.22. The van der Waals surface area contributed by atoms with Crippen molar-refractivity contribution in [1.82, 2.24) is 15.4 Å². The summed E-state index contributed by atoms with van der Waals surface area (Å²) in [7, 11) is 0. The Bertz CT molecular complexity index is 1060. The third kappa shape index (κ3) is 5.24. The number of carbonyl (C=O) groups excluding carboxylic acids is 1. The molecule has 0 radical (unpaired) electrons. The van der Waals surface area contributed by atoms with Crippen LogP contribution in [0.1, 0.15) is 19.4 Å². The molecule has 1 aliphatic rings. The number of hydroxylamine groups is 1. The van der Waals surface area contributed by atoms with Crippen LogP contribution in [0.2, 0.25) is 0 Å². The van der Waals surface area contributed by atoms with E-state index in [9.17, 15) is 4.79 Å². The van der Waals surface area contributed by atoms with Crippen molar-refractivity contribution in [1.29, 1.82) is 0 Å². The van der Waals surface area contributed by atoms with Crippen LogP contribution in [-0.4, -0.2) is 53.3 Å². The number of rotatable bonds is 7. The maximum atomic E-state index is 12.0. The fourth-order valence-corrected chi connectivity index (χ4v) is 3.98. The van der Waals surface area contributed by atoms with E-state index in [0.717, 1.165) is 54.7 Å². The average molecular weight is 435 g/mol. The van der Waals surface area contributed by atoms with Crippen molar-refractivity contribution in [2.75, 3.05) is 31.6 Å². The molecule has 0 saturated carbocycles. The summed E-state index contributed by atoms with van der Waals surface area (Å²) in [5.41, 5.74) is 5.31. The van der Waals surface area contributed by atoms with Crippen LogP contribution >= 0.6 is 0 Å². The van der Waals surface area contributed by atoms with Crippen LogP contribution in [-0.2, 0) is 16.1 Å². The highest BCUT2D eigenvalue weighted by atomic mass is 16.5. The largest absolute Gasteiger partial charge is 0.379 e. The molecule has 3 N–H and O–H groups in total. The number of hydrogen-bond donors (Lipinski definition) is 3. The van der Waals surface area contributed by atoms with Gasteiger partial charge in [0, 0.05) is 31.2 Å². The highest BCUT2D eigenvalue weighted by molar-refractivity contribution is 5.89. The summed E-state index contributed by atoms with van der Waals surface area (Å²) >= 11 is 0. The molecule has 4 rings (SSSR count). The third-order valence-corrected chi connectivity index (χ3v) is 5.88. The normalized spacial score (nSPS) is 15.6. The molecule has 2 heterocycles. The first-order chi connectivity index (χ1) is 15.5. The van der Waals surface area contributed by atoms with Crippen molar-refractivity contribution >= 4 is 22.5 Å². The van der Waals surface area contributed by atoms with Gasteiger partial charge in [-0.3, -0.25) is 14.9 Å². The molecule has 1 aliphatic heterocycles. The second kappa shape index (κ2) is 10.1. The number of nitrogens with one attached hydrogen (secondary N) is 2. The van der Waals surface area contributed by atoms with Gasteiger partial charge in [-0.1, -0.05) is 50.2 Å². The van der Waals surface area contributed by atoms with Gasteiger partial charge in [0.25, 0.3) is 5.91 Å². The lowest BCUT2D eigenvalue weighted by atomic mass is 10.0. The van der Waals surface area contributed by atoms with Gasteiger partial charge in [0.1, 0.15) is 11.9 Å². The number of carbonyl (C=O) groups is 1. The minimum absolute atomic E-state index is 0.0121. The molecule has 1 aromatic heterocycles. The number of anilines is 1. The zero-order valence-corrected chi connectivity index (χ0v) is 18.5. The zero-order valence-electron chi connectivity index (χ0n) is 18.5. The Morgan fingerprint density at radius 2 is 1.78 bits per heavy atom. The summed E-state index contributed by atoms with van der Waals surface area (Å²) in [6.45, 7) is 8.35. The molecule has 1 fully saturated rings. The van der Waals surface area contributed by atoms with Crippen LogP contribution in [0.25, 0.3) is 21.9 Å². The smallest absolute Gasteiger partial charge is 0.266 e. The molecular weight excluding hydrogens is 404 g/mol. The van der Waals surface area contributed by atoms with Crippen molar-refractivity contribution in [2.45, 2.75) is 26.4 Å². The Hall–Kier alpha value is -3.00. The quantitative estimate of drug-likeness (QED) is 0.389. The van der Waals surface area contributed by atoms with Gasteiger partial charge in [0.05, 0.1) is 13.2 Å². The van der Waals surface area contributed by atoms with Crippen LogP contribution in [0.4, 0.5) is 5.82 Å². The second-order valence-corrected chi connectivity index (χ2v) is 8.56. The Morgan fingerprint density at radius 1 is 1.06 bits per heavy atom. The number of hydrogen-bond acceptors (Lipinski definition) is 6. The van der Waals surface area contributed by atoms with E-state index in [1.165, 1.54) is 5.56 Å². The number of morpholine rings is 1. The molecule has 1 unspecified atom stereocenters. The Kier molecular flexibility index (Phi) is 6.99. The molecule has 0 aliphatic carbocycles. The molecular formula is C25H30N4O3. The van der Waals surface area contributed by atoms with E-state index < -0.39 is 11.9 Å². The maximum absolute atomic E-state index is 12.0. The van der Waals surface area contributed by atoms with E-state index in [2.05, 4.69) is 57.7 Å². The van der Waals surface area contributed by atoms with Crippen LogP contribution in [0, 0.1) is 5.92 Å². The topological polar surface area (TPSA) is 86.7 Å². The van der Waals surface area contributed by atoms with E-state index in [1.54, 1.807) is 11.7 Å². The van der Waals surface area contributed by atoms with Crippen molar-refractivity contribution in [3.8, 4) is 11.1 Å². The molecule has 1 saturated heterocycles. The van der Waals surface area contributed by atoms with Gasteiger partial charge in [-0.25, -0.2) is 10.5 Å². The summed E-state index contributed by atoms with van der Waals surface area (Å²) in [5, 5.41) is 14.2. The van der Waals surface area contributed by atoms with Gasteiger partial charge >= 0.3 is 0 Å². The van der Waals surface area contributed by atoms with Gasteiger partial charge in [-0.2, -0.15) is 0 Å². The minimum Gasteiger partial charge on any atom is -0.379 e. The van der Waals surface area contributed by atoms with E-state index in [4.69, 9.17) is 9.94 Å². The van der Waals surface area contributed by atoms with Crippen molar-refractivity contribution < 1.29 is 14.7 Å². The summed E-state index contributed by atoms with van der Waals surface area (Å²) in [6, 6.07) is 16.4. The van der Waals surface area contributed by atoms with E-state index in [-0.39, 0.29) is 5.92 Å². The molecule has 1 atom stereocenters. The van der Waals surface area contributed by atoms with Gasteiger partial charge in [-0.05, 0) is 40.1 Å². The molecule has 1 amide bonds. The molecule has 0 spiro atoms. The standard InChI is InChI=1S/C25H30N4O3/c1-17(2)24(25(30)28-31)27-23-14-22-13-20(7-8-21(22)15-26-23)19-5-3-18(4-6-19)16-29-9-11-32-12-10-29/h3-8,13-15,17,24,31H,9-12,16H2,1-2H3,(H,26,27)(H,28,30). The second-order valence-electron chi connectivity index (χ2n) is 8.56. The average Bonchev–Trinajstić information content (AvgIpc) is 2.82. The van der Waals surface area contributed by atoms with Crippen LogP contribution in [0.3, 0.4) is 0 Å². The number of ether oxygens (including phenoxy) is 1. The van der Waals surface area contributed by atoms with Crippen molar-refractivity contribution in [3.63, 3.8) is 0 Å². The lowest BCUT2D eigenvalue weighted by Gasteiger charge is -2.26. The van der Waals surface area contributed by atoms with Crippen LogP contribution in [0.15, 0.2) is 54.7 Å². The minimum atomic E-state index is -0.577. The summed E-state index contributed by atoms with van der Waals surface area (Å²) in [5.74, 6) is 0.104. The first-order valence-electron chi connectivity index (χ1n) is 11.0. The lowest BCUT2D eigenvalue weighted by Crippen LogP contribution is -2.41. The first kappa shape index (κ1) is 22.2. The van der Waals surface area contributed by atoms with E-state index >= 15 is 0 Å². The summed E-state index contributed by atoms with van der Waals surface area (Å²) < 4.78 is 5.43. The number of aromatic nitrogens is 1. The molecule has 7 heteroatoms. The van der Waals surface area contributed by atoms with Crippen molar-refractivity contribution in [3.05, 3.63) is 60.3 Å². The molecule has 7 nitrogen and oxygen atoms in total. The number of nitrogens with zero attached hydrogens (tertiary/aromatic N) is 2. The van der Waals surface area contributed by atoms with Gasteiger partial charge in [-0.15, -0.1) is 0 Å². The molecule has 168 valence electrons. The Morgan fingerprint density at radius 3 is 2.47 bits per heavy atom. The summed E-state index contributed by atoms with van der Waals surface area (Å²) in [6.07, 6.45) is 1.79. The molecule has 2 aromatic carbocycles. The van der Waals surface area contributed by atoms with Gasteiger partial charge in [0.2, 0.25) is 0 Å². The fourth-order valence-electron chi connectivity index (χ4n) is 3.98. The fraction of sp³-hybridized carbons (Fsp3) is 0.360. The van der Waals surface area contributed by atoms with Crippen LogP contribution < -0.4 is 10.8 Å². The zero-order chi connectivity index (χ0) is 22.5. The lowest BCUT2D eigenvalue weighted by molar-refractivity contribution is -0.130. The third-order valence-electron chi connectivity index (χ3n) is 5.88.